The van der Waals surface area contributed by atoms with Crippen LogP contribution in [-0.4, -0.2) is 19.5 Å². The first-order valence-corrected chi connectivity index (χ1v) is 20.1. The Morgan fingerprint density at radius 2 is 1.00 bits per heavy atom. The number of benzene rings is 8. The zero-order chi connectivity index (χ0) is 39.2. The minimum absolute atomic E-state index is 0.0840. The number of hydrogen-bond donors (Lipinski definition) is 0. The van der Waals surface area contributed by atoms with Crippen LogP contribution in [0.1, 0.15) is 25.0 Å². The number of aromatic nitrogens is 4. The Kier molecular flexibility index (Phi) is 7.20. The Balaban J connectivity index is 1.02. The Morgan fingerprint density at radius 1 is 0.407 bits per heavy atom. The van der Waals surface area contributed by atoms with Crippen molar-refractivity contribution in [3.63, 3.8) is 0 Å². The Labute approximate surface area is 340 Å². The number of fused-ring (bicyclic) bond motifs is 9. The third-order valence-electron chi connectivity index (χ3n) is 12.3. The van der Waals surface area contributed by atoms with Gasteiger partial charge in [0.2, 0.25) is 0 Å². The molecule has 8 aromatic carbocycles. The maximum absolute atomic E-state index is 6.71. The van der Waals surface area contributed by atoms with Gasteiger partial charge in [-0.1, -0.05) is 147 Å². The average molecular weight is 757 g/mol. The highest BCUT2D eigenvalue weighted by molar-refractivity contribution is 6.21. The Bertz CT molecular complexity index is 3470. The lowest BCUT2D eigenvalue weighted by Gasteiger charge is -2.21. The summed E-state index contributed by atoms with van der Waals surface area (Å²) >= 11 is 0. The van der Waals surface area contributed by atoms with Crippen molar-refractivity contribution in [3.05, 3.63) is 193 Å². The van der Waals surface area contributed by atoms with E-state index in [0.29, 0.717) is 17.5 Å². The zero-order valence-corrected chi connectivity index (χ0v) is 32.5. The molecule has 5 heteroatoms. The molecule has 0 atom stereocenters. The minimum Gasteiger partial charge on any atom is -0.456 e. The van der Waals surface area contributed by atoms with Crippen molar-refractivity contribution in [1.29, 1.82) is 0 Å². The van der Waals surface area contributed by atoms with Crippen molar-refractivity contribution in [1.82, 2.24) is 19.5 Å². The maximum Gasteiger partial charge on any atom is 0.164 e. The van der Waals surface area contributed by atoms with Crippen molar-refractivity contribution >= 4 is 43.7 Å². The van der Waals surface area contributed by atoms with Crippen LogP contribution in [0.4, 0.5) is 0 Å². The topological polar surface area (TPSA) is 56.7 Å². The summed E-state index contributed by atoms with van der Waals surface area (Å²) in [5.74, 6) is 1.85. The van der Waals surface area contributed by atoms with E-state index in [1.54, 1.807) is 0 Å². The van der Waals surface area contributed by atoms with Crippen LogP contribution < -0.4 is 0 Å². The smallest absolute Gasteiger partial charge is 0.164 e. The van der Waals surface area contributed by atoms with Crippen LogP contribution in [0.15, 0.2) is 186 Å². The van der Waals surface area contributed by atoms with Gasteiger partial charge in [0, 0.05) is 49.3 Å². The molecule has 278 valence electrons. The highest BCUT2D eigenvalue weighted by Crippen LogP contribution is 2.49. The molecule has 59 heavy (non-hydrogen) atoms. The fourth-order valence-electron chi connectivity index (χ4n) is 9.50. The van der Waals surface area contributed by atoms with Crippen LogP contribution in [0.5, 0.6) is 0 Å². The van der Waals surface area contributed by atoms with Crippen LogP contribution in [-0.2, 0) is 5.41 Å². The van der Waals surface area contributed by atoms with Crippen LogP contribution >= 0.6 is 0 Å². The van der Waals surface area contributed by atoms with Crippen molar-refractivity contribution in [2.24, 2.45) is 0 Å². The van der Waals surface area contributed by atoms with Gasteiger partial charge in [0.1, 0.15) is 11.2 Å². The second-order valence-corrected chi connectivity index (χ2v) is 16.0. The molecule has 1 aliphatic carbocycles. The molecule has 3 heterocycles. The van der Waals surface area contributed by atoms with Gasteiger partial charge < -0.3 is 8.98 Å². The maximum atomic E-state index is 6.71. The predicted octanol–water partition coefficient (Wildman–Crippen LogP) is 13.8. The minimum atomic E-state index is -0.0840. The molecule has 0 aliphatic heterocycles. The predicted molar refractivity (Wildman–Crippen MR) is 241 cm³/mol. The van der Waals surface area contributed by atoms with Gasteiger partial charge in [0.05, 0.1) is 11.0 Å². The molecule has 5 nitrogen and oxygen atoms in total. The summed E-state index contributed by atoms with van der Waals surface area (Å²) in [6.07, 6.45) is 0. The molecule has 3 aromatic heterocycles. The van der Waals surface area contributed by atoms with Gasteiger partial charge in [-0.25, -0.2) is 15.0 Å². The van der Waals surface area contributed by atoms with E-state index in [1.165, 1.54) is 44.1 Å². The lowest BCUT2D eigenvalue weighted by Crippen LogP contribution is -2.14. The van der Waals surface area contributed by atoms with Gasteiger partial charge in [-0.15, -0.1) is 0 Å². The highest BCUT2D eigenvalue weighted by atomic mass is 16.3. The summed E-state index contributed by atoms with van der Waals surface area (Å²) in [5, 5.41) is 4.56. The highest BCUT2D eigenvalue weighted by Gasteiger charge is 2.35. The van der Waals surface area contributed by atoms with Crippen LogP contribution in [0.3, 0.4) is 0 Å². The van der Waals surface area contributed by atoms with Gasteiger partial charge in [-0.05, 0) is 81.9 Å². The summed E-state index contributed by atoms with van der Waals surface area (Å²) in [6, 6.07) is 64.1. The summed E-state index contributed by atoms with van der Waals surface area (Å²) in [7, 11) is 0. The van der Waals surface area contributed by atoms with Crippen LogP contribution in [0.2, 0.25) is 0 Å². The molecule has 0 N–H and O–H groups in total. The fraction of sp³-hybridized carbons (Fsp3) is 0.0556. The standard InChI is InChI=1S/C54H36N4O/c1-54(2)43-23-11-9-19-37(43)42-31-34(28-30-44(42)54)52-55-51(33-15-5-3-6-16-33)56-53(57-52)35-27-29-41-48(32-35)59-47-26-14-22-39(50(41)47)38-21-13-25-46-49(38)40-20-10-12-24-45(40)58(46)36-17-7-4-8-18-36/h3-32H,1-2H3. The van der Waals surface area contributed by atoms with Gasteiger partial charge >= 0.3 is 0 Å². The molecule has 0 amide bonds. The molecule has 0 radical (unpaired) electrons. The third-order valence-corrected chi connectivity index (χ3v) is 12.3. The van der Waals surface area contributed by atoms with E-state index < -0.39 is 0 Å². The van der Waals surface area contributed by atoms with E-state index in [2.05, 4.69) is 170 Å². The summed E-state index contributed by atoms with van der Waals surface area (Å²) in [6.45, 7) is 4.60. The van der Waals surface area contributed by atoms with Crippen molar-refractivity contribution in [2.75, 3.05) is 0 Å². The van der Waals surface area contributed by atoms with Crippen LogP contribution in [0, 0.1) is 0 Å². The Hall–Kier alpha value is -7.63. The normalized spacial score (nSPS) is 13.1. The molecule has 12 rings (SSSR count). The molecule has 11 aromatic rings. The van der Waals surface area contributed by atoms with Gasteiger partial charge in [0.25, 0.3) is 0 Å². The van der Waals surface area contributed by atoms with E-state index in [0.717, 1.165) is 55.4 Å². The van der Waals surface area contributed by atoms with Crippen molar-refractivity contribution < 1.29 is 4.42 Å². The summed E-state index contributed by atoms with van der Waals surface area (Å²) in [4.78, 5) is 15.3. The number of nitrogens with zero attached hydrogens (tertiary/aromatic N) is 4. The average Bonchev–Trinajstić information content (AvgIpc) is 3.92. The monoisotopic (exact) mass is 756 g/mol. The quantitative estimate of drug-likeness (QED) is 0.175. The SMILES string of the molecule is CC1(C)c2ccccc2-c2cc(-c3nc(-c4ccccc4)nc(-c4ccc5c(c4)oc4cccc(-c6cccc7c6c6ccccc6n7-c6ccccc6)c45)n3)ccc21. The number of rotatable bonds is 5. The molecule has 0 unspecified atom stereocenters. The zero-order valence-electron chi connectivity index (χ0n) is 32.5. The van der Waals surface area contributed by atoms with Gasteiger partial charge in [-0.3, -0.25) is 0 Å². The van der Waals surface area contributed by atoms with Crippen molar-refractivity contribution in [2.45, 2.75) is 19.3 Å². The summed E-state index contributed by atoms with van der Waals surface area (Å²) in [5.41, 5.74) is 15.2. The molecular weight excluding hydrogens is 721 g/mol. The second kappa shape index (κ2) is 12.7. The van der Waals surface area contributed by atoms with E-state index >= 15 is 0 Å². The third kappa shape index (κ3) is 5.08. The van der Waals surface area contributed by atoms with Gasteiger partial charge in [0.15, 0.2) is 17.5 Å². The van der Waals surface area contributed by atoms with E-state index in [-0.39, 0.29) is 5.41 Å². The summed E-state index contributed by atoms with van der Waals surface area (Å²) < 4.78 is 9.07. The first-order valence-electron chi connectivity index (χ1n) is 20.1. The molecule has 0 saturated carbocycles. The molecular formula is C54H36N4O. The molecule has 0 spiro atoms. The molecule has 0 fully saturated rings. The first-order chi connectivity index (χ1) is 29.0. The van der Waals surface area contributed by atoms with E-state index in [1.807, 2.05) is 30.3 Å². The molecule has 0 saturated heterocycles. The number of furan rings is 1. The van der Waals surface area contributed by atoms with Gasteiger partial charge in [-0.2, -0.15) is 0 Å². The van der Waals surface area contributed by atoms with Crippen molar-refractivity contribution in [3.8, 4) is 62.1 Å². The first kappa shape index (κ1) is 33.5. The second-order valence-electron chi connectivity index (χ2n) is 16.0. The lowest BCUT2D eigenvalue weighted by molar-refractivity contribution is 0.660. The molecule has 0 bridgehead atoms. The number of hydrogen-bond acceptors (Lipinski definition) is 4. The molecule has 1 aliphatic rings. The Morgan fingerprint density at radius 3 is 1.81 bits per heavy atom. The van der Waals surface area contributed by atoms with Crippen LogP contribution in [0.25, 0.3) is 106 Å². The lowest BCUT2D eigenvalue weighted by atomic mass is 9.82. The van der Waals surface area contributed by atoms with E-state index in [9.17, 15) is 0 Å². The number of para-hydroxylation sites is 2. The van der Waals surface area contributed by atoms with E-state index in [4.69, 9.17) is 19.4 Å². The fourth-order valence-corrected chi connectivity index (χ4v) is 9.50. The largest absolute Gasteiger partial charge is 0.456 e.